The van der Waals surface area contributed by atoms with Crippen LogP contribution in [0.25, 0.3) is 0 Å². The predicted octanol–water partition coefficient (Wildman–Crippen LogP) is 3.59. The van der Waals surface area contributed by atoms with Crippen LogP contribution in [0.3, 0.4) is 0 Å². The minimum atomic E-state index is 0.137. The highest BCUT2D eigenvalue weighted by molar-refractivity contribution is 7.10. The van der Waals surface area contributed by atoms with Gasteiger partial charge >= 0.3 is 0 Å². The first-order valence-electron chi connectivity index (χ1n) is 4.24. The minimum absolute atomic E-state index is 0.137. The van der Waals surface area contributed by atoms with Crippen molar-refractivity contribution in [3.05, 3.63) is 21.3 Å². The van der Waals surface area contributed by atoms with Crippen LogP contribution < -0.4 is 5.73 Å². The molecule has 3 heteroatoms. The Labute approximate surface area is 82.5 Å². The average molecular weight is 204 g/mol. The first-order chi connectivity index (χ1) is 5.75. The second-order valence-corrected chi connectivity index (χ2v) is 4.24. The van der Waals surface area contributed by atoms with Crippen molar-refractivity contribution in [2.75, 3.05) is 0 Å². The molecule has 1 aromatic heterocycles. The molecular formula is C9H14ClNS. The zero-order valence-electron chi connectivity index (χ0n) is 7.22. The van der Waals surface area contributed by atoms with Crippen LogP contribution in [0.15, 0.2) is 11.4 Å². The minimum Gasteiger partial charge on any atom is -0.323 e. The van der Waals surface area contributed by atoms with Gasteiger partial charge in [0.15, 0.2) is 0 Å². The summed E-state index contributed by atoms with van der Waals surface area (Å²) in [6.07, 6.45) is 3.41. The van der Waals surface area contributed by atoms with Crippen molar-refractivity contribution < 1.29 is 0 Å². The molecule has 1 rings (SSSR count). The van der Waals surface area contributed by atoms with Gasteiger partial charge in [0.25, 0.3) is 0 Å². The third kappa shape index (κ3) is 2.47. The van der Waals surface area contributed by atoms with Crippen LogP contribution in [-0.4, -0.2) is 0 Å². The van der Waals surface area contributed by atoms with Crippen molar-refractivity contribution in [1.82, 2.24) is 0 Å². The zero-order valence-corrected chi connectivity index (χ0v) is 8.79. The second kappa shape index (κ2) is 4.85. The van der Waals surface area contributed by atoms with Crippen LogP contribution in [-0.2, 0) is 0 Å². The Morgan fingerprint density at radius 3 is 2.92 bits per heavy atom. The molecule has 0 saturated carbocycles. The molecule has 0 aliphatic heterocycles. The van der Waals surface area contributed by atoms with Crippen LogP contribution in [0.2, 0.25) is 5.02 Å². The van der Waals surface area contributed by atoms with E-state index in [0.29, 0.717) is 0 Å². The van der Waals surface area contributed by atoms with Gasteiger partial charge in [-0.15, -0.1) is 11.3 Å². The summed E-state index contributed by atoms with van der Waals surface area (Å²) < 4.78 is 0. The van der Waals surface area contributed by atoms with Crippen LogP contribution in [0, 0.1) is 0 Å². The first-order valence-corrected chi connectivity index (χ1v) is 5.50. The molecule has 0 aliphatic rings. The molecule has 12 heavy (non-hydrogen) atoms. The van der Waals surface area contributed by atoms with Gasteiger partial charge in [-0.05, 0) is 17.9 Å². The van der Waals surface area contributed by atoms with Gasteiger partial charge in [0.2, 0.25) is 0 Å². The summed E-state index contributed by atoms with van der Waals surface area (Å²) >= 11 is 7.60. The van der Waals surface area contributed by atoms with E-state index in [1.807, 2.05) is 11.4 Å². The average Bonchev–Trinajstić information content (AvgIpc) is 2.47. The normalized spacial score (nSPS) is 13.2. The maximum atomic E-state index is 5.95. The third-order valence-corrected chi connectivity index (χ3v) is 3.34. The van der Waals surface area contributed by atoms with Gasteiger partial charge in [0, 0.05) is 10.9 Å². The Morgan fingerprint density at radius 2 is 2.42 bits per heavy atom. The van der Waals surface area contributed by atoms with Crippen LogP contribution in [0.5, 0.6) is 0 Å². The van der Waals surface area contributed by atoms with Crippen molar-refractivity contribution >= 4 is 22.9 Å². The number of hydrogen-bond acceptors (Lipinski definition) is 2. The maximum absolute atomic E-state index is 5.95. The van der Waals surface area contributed by atoms with Crippen LogP contribution in [0.4, 0.5) is 0 Å². The standard InChI is InChI=1S/C9H14ClNS/c1-2-3-4-8(11)9-7(10)5-6-12-9/h5-6,8H,2-4,11H2,1H3/t8-/m0/s1. The van der Waals surface area contributed by atoms with Crippen LogP contribution in [0.1, 0.15) is 37.1 Å². The maximum Gasteiger partial charge on any atom is 0.0561 e. The van der Waals surface area contributed by atoms with Crippen molar-refractivity contribution in [3.63, 3.8) is 0 Å². The molecule has 1 aromatic rings. The lowest BCUT2D eigenvalue weighted by molar-refractivity contribution is 0.611. The molecule has 0 amide bonds. The fourth-order valence-electron chi connectivity index (χ4n) is 1.13. The lowest BCUT2D eigenvalue weighted by Gasteiger charge is -2.08. The molecule has 0 saturated heterocycles. The van der Waals surface area contributed by atoms with Gasteiger partial charge in [-0.3, -0.25) is 0 Å². The highest BCUT2D eigenvalue weighted by Crippen LogP contribution is 2.29. The van der Waals surface area contributed by atoms with E-state index >= 15 is 0 Å². The molecule has 1 heterocycles. The summed E-state index contributed by atoms with van der Waals surface area (Å²) in [6, 6.07) is 2.05. The van der Waals surface area contributed by atoms with Gasteiger partial charge in [0.05, 0.1) is 5.02 Å². The number of rotatable bonds is 4. The third-order valence-electron chi connectivity index (χ3n) is 1.85. The Bertz CT molecular complexity index is 234. The Hall–Kier alpha value is -0.0500. The molecule has 0 fully saturated rings. The lowest BCUT2D eigenvalue weighted by Crippen LogP contribution is -2.08. The van der Waals surface area contributed by atoms with E-state index in [2.05, 4.69) is 6.92 Å². The van der Waals surface area contributed by atoms with E-state index in [-0.39, 0.29) is 6.04 Å². The van der Waals surface area contributed by atoms with Crippen molar-refractivity contribution in [3.8, 4) is 0 Å². The van der Waals surface area contributed by atoms with Crippen molar-refractivity contribution in [2.45, 2.75) is 32.2 Å². The van der Waals surface area contributed by atoms with E-state index in [1.54, 1.807) is 11.3 Å². The molecule has 2 N–H and O–H groups in total. The summed E-state index contributed by atoms with van der Waals surface area (Å²) in [7, 11) is 0. The number of unbranched alkanes of at least 4 members (excludes halogenated alkanes) is 1. The van der Waals surface area contributed by atoms with Gasteiger partial charge in [-0.1, -0.05) is 31.4 Å². The molecule has 1 nitrogen and oxygen atoms in total. The molecule has 0 bridgehead atoms. The molecule has 68 valence electrons. The molecule has 0 spiro atoms. The summed E-state index contributed by atoms with van der Waals surface area (Å²) in [5.74, 6) is 0. The Morgan fingerprint density at radius 1 is 1.67 bits per heavy atom. The number of halogens is 1. The van der Waals surface area contributed by atoms with E-state index in [4.69, 9.17) is 17.3 Å². The van der Waals surface area contributed by atoms with Gasteiger partial charge in [-0.25, -0.2) is 0 Å². The van der Waals surface area contributed by atoms with E-state index < -0.39 is 0 Å². The molecule has 0 aromatic carbocycles. The molecule has 0 radical (unpaired) electrons. The number of thiophene rings is 1. The highest BCUT2D eigenvalue weighted by atomic mass is 35.5. The van der Waals surface area contributed by atoms with Gasteiger partial charge in [0.1, 0.15) is 0 Å². The quantitative estimate of drug-likeness (QED) is 0.795. The second-order valence-electron chi connectivity index (χ2n) is 2.88. The fraction of sp³-hybridized carbons (Fsp3) is 0.556. The molecule has 1 atom stereocenters. The smallest absolute Gasteiger partial charge is 0.0561 e. The lowest BCUT2D eigenvalue weighted by atomic mass is 10.1. The number of hydrogen-bond donors (Lipinski definition) is 1. The van der Waals surface area contributed by atoms with E-state index in [0.717, 1.165) is 16.3 Å². The largest absolute Gasteiger partial charge is 0.323 e. The number of nitrogens with two attached hydrogens (primary N) is 1. The SMILES string of the molecule is CCCC[C@H](N)c1sccc1Cl. The van der Waals surface area contributed by atoms with Gasteiger partial charge in [-0.2, -0.15) is 0 Å². The summed E-state index contributed by atoms with van der Waals surface area (Å²) in [4.78, 5) is 1.13. The summed E-state index contributed by atoms with van der Waals surface area (Å²) in [5, 5.41) is 2.81. The Kier molecular flexibility index (Phi) is 4.06. The van der Waals surface area contributed by atoms with Crippen LogP contribution >= 0.6 is 22.9 Å². The Balaban J connectivity index is 2.52. The molecule has 0 aliphatic carbocycles. The van der Waals surface area contributed by atoms with Crippen molar-refractivity contribution in [1.29, 1.82) is 0 Å². The summed E-state index contributed by atoms with van der Waals surface area (Å²) in [5.41, 5.74) is 5.95. The predicted molar refractivity (Wildman–Crippen MR) is 55.8 cm³/mol. The topological polar surface area (TPSA) is 26.0 Å². The monoisotopic (exact) mass is 203 g/mol. The van der Waals surface area contributed by atoms with Gasteiger partial charge < -0.3 is 5.73 Å². The fourth-order valence-corrected chi connectivity index (χ4v) is 2.36. The molecule has 0 unspecified atom stereocenters. The highest BCUT2D eigenvalue weighted by Gasteiger charge is 2.10. The van der Waals surface area contributed by atoms with E-state index in [1.165, 1.54) is 12.8 Å². The molecular weight excluding hydrogens is 190 g/mol. The zero-order chi connectivity index (χ0) is 8.97. The van der Waals surface area contributed by atoms with Crippen molar-refractivity contribution in [2.24, 2.45) is 5.73 Å². The van der Waals surface area contributed by atoms with E-state index in [9.17, 15) is 0 Å². The summed E-state index contributed by atoms with van der Waals surface area (Å²) in [6.45, 7) is 2.17. The first kappa shape index (κ1) is 10.0.